The molecule has 1 N–H and O–H groups in total. The minimum Gasteiger partial charge on any atom is -0.497 e. The molecule has 0 bridgehead atoms. The molecule has 0 fully saturated rings. The van der Waals surface area contributed by atoms with E-state index in [0.717, 1.165) is 11.4 Å². The molecule has 27 heavy (non-hydrogen) atoms. The fourth-order valence-corrected chi connectivity index (χ4v) is 3.51. The van der Waals surface area contributed by atoms with Gasteiger partial charge < -0.3 is 9.72 Å². The molecule has 0 spiro atoms. The van der Waals surface area contributed by atoms with E-state index in [4.69, 9.17) is 4.74 Å². The van der Waals surface area contributed by atoms with Gasteiger partial charge in [0.05, 0.1) is 29.0 Å². The quantitative estimate of drug-likeness (QED) is 0.532. The SMILES string of the molecule is COc1ccc(-n2nnnc2S[C@@H](C)c2nc3ccccc3c(=O)[nH]2)cc1. The van der Waals surface area contributed by atoms with Crippen molar-refractivity contribution in [3.05, 3.63) is 64.7 Å². The second kappa shape index (κ2) is 7.20. The Bertz CT molecular complexity index is 1140. The average molecular weight is 380 g/mol. The molecule has 0 saturated carbocycles. The third-order valence-electron chi connectivity index (χ3n) is 4.06. The van der Waals surface area contributed by atoms with Crippen molar-refractivity contribution in [3.63, 3.8) is 0 Å². The lowest BCUT2D eigenvalue weighted by Gasteiger charge is -2.11. The van der Waals surface area contributed by atoms with Crippen LogP contribution in [0.3, 0.4) is 0 Å². The van der Waals surface area contributed by atoms with Gasteiger partial charge >= 0.3 is 0 Å². The summed E-state index contributed by atoms with van der Waals surface area (Å²) in [6.07, 6.45) is 0. The maximum atomic E-state index is 12.3. The van der Waals surface area contributed by atoms with Crippen molar-refractivity contribution in [1.29, 1.82) is 0 Å². The van der Waals surface area contributed by atoms with Crippen molar-refractivity contribution in [2.24, 2.45) is 0 Å². The predicted octanol–water partition coefficient (Wildman–Crippen LogP) is 2.76. The largest absolute Gasteiger partial charge is 0.497 e. The number of rotatable bonds is 5. The lowest BCUT2D eigenvalue weighted by Crippen LogP contribution is -2.13. The minimum atomic E-state index is -0.155. The number of aromatic amines is 1. The smallest absolute Gasteiger partial charge is 0.258 e. The van der Waals surface area contributed by atoms with Crippen LogP contribution in [0.4, 0.5) is 0 Å². The lowest BCUT2D eigenvalue weighted by atomic mass is 10.2. The zero-order chi connectivity index (χ0) is 18.8. The van der Waals surface area contributed by atoms with Gasteiger partial charge in [-0.2, -0.15) is 4.68 Å². The van der Waals surface area contributed by atoms with Crippen LogP contribution >= 0.6 is 11.8 Å². The Morgan fingerprint density at radius 3 is 2.70 bits per heavy atom. The van der Waals surface area contributed by atoms with Crippen LogP contribution in [-0.2, 0) is 0 Å². The van der Waals surface area contributed by atoms with Gasteiger partial charge in [0, 0.05) is 0 Å². The second-order valence-electron chi connectivity index (χ2n) is 5.80. The molecule has 0 radical (unpaired) electrons. The van der Waals surface area contributed by atoms with Gasteiger partial charge in [-0.05, 0) is 53.7 Å². The fourth-order valence-electron chi connectivity index (χ4n) is 2.65. The van der Waals surface area contributed by atoms with Crippen LogP contribution in [0.1, 0.15) is 18.0 Å². The molecule has 0 saturated heterocycles. The second-order valence-corrected chi connectivity index (χ2v) is 7.11. The summed E-state index contributed by atoms with van der Waals surface area (Å²) in [7, 11) is 1.62. The van der Waals surface area contributed by atoms with Gasteiger partial charge in [-0.15, -0.1) is 5.10 Å². The Labute approximate surface area is 158 Å². The van der Waals surface area contributed by atoms with E-state index in [9.17, 15) is 4.79 Å². The summed E-state index contributed by atoms with van der Waals surface area (Å²) < 4.78 is 6.82. The highest BCUT2D eigenvalue weighted by Crippen LogP contribution is 2.32. The van der Waals surface area contributed by atoms with Crippen molar-refractivity contribution >= 4 is 22.7 Å². The highest BCUT2D eigenvalue weighted by atomic mass is 32.2. The third kappa shape index (κ3) is 3.41. The molecule has 2 aromatic heterocycles. The highest BCUT2D eigenvalue weighted by Gasteiger charge is 2.17. The zero-order valence-electron chi connectivity index (χ0n) is 14.7. The lowest BCUT2D eigenvalue weighted by molar-refractivity contribution is 0.414. The maximum Gasteiger partial charge on any atom is 0.258 e. The topological polar surface area (TPSA) is 98.6 Å². The van der Waals surface area contributed by atoms with Crippen molar-refractivity contribution in [2.45, 2.75) is 17.3 Å². The normalized spacial score (nSPS) is 12.2. The third-order valence-corrected chi connectivity index (χ3v) is 5.10. The Morgan fingerprint density at radius 1 is 1.15 bits per heavy atom. The highest BCUT2D eigenvalue weighted by molar-refractivity contribution is 7.99. The van der Waals surface area contributed by atoms with E-state index in [2.05, 4.69) is 25.5 Å². The first kappa shape index (κ1) is 17.2. The molecule has 0 aliphatic heterocycles. The van der Waals surface area contributed by atoms with Crippen LogP contribution in [0.15, 0.2) is 58.5 Å². The number of tetrazole rings is 1. The summed E-state index contributed by atoms with van der Waals surface area (Å²) in [4.78, 5) is 19.7. The molecule has 0 unspecified atom stereocenters. The van der Waals surface area contributed by atoms with Crippen molar-refractivity contribution in [3.8, 4) is 11.4 Å². The molecule has 1 atom stereocenters. The fraction of sp³-hybridized carbons (Fsp3) is 0.167. The summed E-state index contributed by atoms with van der Waals surface area (Å²) in [5.74, 6) is 1.33. The first-order valence-electron chi connectivity index (χ1n) is 8.24. The summed E-state index contributed by atoms with van der Waals surface area (Å²) >= 11 is 1.41. The molecule has 2 aromatic carbocycles. The van der Waals surface area contributed by atoms with Crippen LogP contribution in [0.25, 0.3) is 16.6 Å². The van der Waals surface area contributed by atoms with E-state index in [1.165, 1.54) is 11.8 Å². The van der Waals surface area contributed by atoms with Gasteiger partial charge in [0.1, 0.15) is 11.6 Å². The van der Waals surface area contributed by atoms with Gasteiger partial charge in [-0.1, -0.05) is 23.9 Å². The maximum absolute atomic E-state index is 12.3. The monoisotopic (exact) mass is 380 g/mol. The van der Waals surface area contributed by atoms with Crippen LogP contribution in [0.5, 0.6) is 5.75 Å². The Hall–Kier alpha value is -3.20. The minimum absolute atomic E-state index is 0.148. The van der Waals surface area contributed by atoms with E-state index < -0.39 is 0 Å². The Morgan fingerprint density at radius 2 is 1.93 bits per heavy atom. The first-order chi connectivity index (χ1) is 13.2. The number of nitrogens with zero attached hydrogens (tertiary/aromatic N) is 5. The standard InChI is InChI=1S/C18H16N6O2S/c1-11(16-19-15-6-4-3-5-14(15)17(25)20-16)27-18-21-22-23-24(18)12-7-9-13(26-2)10-8-12/h3-11H,1-2H3,(H,19,20,25)/t11-/m0/s1. The van der Waals surface area contributed by atoms with E-state index >= 15 is 0 Å². The summed E-state index contributed by atoms with van der Waals surface area (Å²) in [6.45, 7) is 1.95. The predicted molar refractivity (Wildman–Crippen MR) is 102 cm³/mol. The van der Waals surface area contributed by atoms with Gasteiger partial charge in [0.2, 0.25) is 5.16 Å². The molecule has 4 aromatic rings. The van der Waals surface area contributed by atoms with E-state index in [1.807, 2.05) is 49.4 Å². The Kier molecular flexibility index (Phi) is 4.59. The van der Waals surface area contributed by atoms with E-state index in [1.54, 1.807) is 17.9 Å². The van der Waals surface area contributed by atoms with E-state index in [-0.39, 0.29) is 10.8 Å². The summed E-state index contributed by atoms with van der Waals surface area (Å²) in [6, 6.07) is 14.7. The molecule has 2 heterocycles. The molecule has 0 amide bonds. The number of hydrogen-bond acceptors (Lipinski definition) is 7. The van der Waals surface area contributed by atoms with E-state index in [0.29, 0.717) is 21.9 Å². The molecule has 136 valence electrons. The average Bonchev–Trinajstić information content (AvgIpc) is 3.16. The first-order valence-corrected chi connectivity index (χ1v) is 9.12. The Balaban J connectivity index is 1.63. The van der Waals surface area contributed by atoms with Gasteiger partial charge in [0.15, 0.2) is 0 Å². The number of H-pyrrole nitrogens is 1. The number of methoxy groups -OCH3 is 1. The molecular weight excluding hydrogens is 364 g/mol. The van der Waals surface area contributed by atoms with Crippen molar-refractivity contribution in [1.82, 2.24) is 30.2 Å². The number of thioether (sulfide) groups is 1. The number of para-hydroxylation sites is 1. The molecule has 9 heteroatoms. The van der Waals surface area contributed by atoms with Crippen molar-refractivity contribution in [2.75, 3.05) is 7.11 Å². The molecule has 0 aliphatic rings. The van der Waals surface area contributed by atoms with Gasteiger partial charge in [-0.3, -0.25) is 4.79 Å². The number of ether oxygens (including phenoxy) is 1. The van der Waals surface area contributed by atoms with Crippen LogP contribution in [0, 0.1) is 0 Å². The van der Waals surface area contributed by atoms with Crippen LogP contribution < -0.4 is 10.3 Å². The number of fused-ring (bicyclic) bond motifs is 1. The van der Waals surface area contributed by atoms with Gasteiger partial charge in [-0.25, -0.2) is 4.98 Å². The summed E-state index contributed by atoms with van der Waals surface area (Å²) in [5.41, 5.74) is 1.33. The summed E-state index contributed by atoms with van der Waals surface area (Å²) in [5, 5.41) is 13.0. The number of aromatic nitrogens is 6. The number of hydrogen-bond donors (Lipinski definition) is 1. The molecular formula is C18H16N6O2S. The molecule has 4 rings (SSSR count). The molecule has 0 aliphatic carbocycles. The van der Waals surface area contributed by atoms with Gasteiger partial charge in [0.25, 0.3) is 5.56 Å². The zero-order valence-corrected chi connectivity index (χ0v) is 15.5. The number of benzene rings is 2. The van der Waals surface area contributed by atoms with Crippen LogP contribution in [0.2, 0.25) is 0 Å². The van der Waals surface area contributed by atoms with Crippen molar-refractivity contribution < 1.29 is 4.74 Å². The molecule has 8 nitrogen and oxygen atoms in total. The van der Waals surface area contributed by atoms with Crippen LogP contribution in [-0.4, -0.2) is 37.3 Å². The number of nitrogens with one attached hydrogen (secondary N) is 1.